The van der Waals surface area contributed by atoms with E-state index in [1.165, 1.54) is 18.2 Å². The maximum absolute atomic E-state index is 11.0. The van der Waals surface area contributed by atoms with Gasteiger partial charge in [0.15, 0.2) is 0 Å². The molecule has 0 unspecified atom stereocenters. The maximum atomic E-state index is 11.0. The lowest BCUT2D eigenvalue weighted by Gasteiger charge is -2.09. The quantitative estimate of drug-likeness (QED) is 0.658. The van der Waals surface area contributed by atoms with Gasteiger partial charge in [-0.25, -0.2) is 4.79 Å². The molecule has 2 rings (SSSR count). The summed E-state index contributed by atoms with van der Waals surface area (Å²) in [6, 6.07) is 9.11. The van der Waals surface area contributed by atoms with Crippen molar-refractivity contribution in [3.05, 3.63) is 62.7 Å². The zero-order valence-electron chi connectivity index (χ0n) is 11.0. The van der Waals surface area contributed by atoms with Gasteiger partial charge in [-0.15, -0.1) is 0 Å². The molecule has 0 fully saturated rings. The van der Waals surface area contributed by atoms with Gasteiger partial charge in [-0.3, -0.25) is 10.1 Å². The molecule has 6 nitrogen and oxygen atoms in total. The van der Waals surface area contributed by atoms with Crippen LogP contribution in [0.2, 0.25) is 5.02 Å². The van der Waals surface area contributed by atoms with Gasteiger partial charge in [0.2, 0.25) is 0 Å². The number of carbonyl (C=O) groups is 1. The number of benzene rings is 2. The van der Waals surface area contributed by atoms with Gasteiger partial charge in [-0.05, 0) is 31.2 Å². The molecule has 2 aromatic carbocycles. The third-order valence-electron chi connectivity index (χ3n) is 2.89. The predicted molar refractivity (Wildman–Crippen MR) is 79.5 cm³/mol. The van der Waals surface area contributed by atoms with Crippen molar-refractivity contribution in [2.75, 3.05) is 5.32 Å². The first-order valence-corrected chi connectivity index (χ1v) is 6.31. The highest BCUT2D eigenvalue weighted by atomic mass is 35.5. The van der Waals surface area contributed by atoms with Crippen molar-refractivity contribution in [1.82, 2.24) is 0 Å². The molecule has 0 saturated carbocycles. The molecule has 0 atom stereocenters. The summed E-state index contributed by atoms with van der Waals surface area (Å²) in [5, 5.41) is 23.0. The number of anilines is 2. The van der Waals surface area contributed by atoms with Gasteiger partial charge in [-0.2, -0.15) is 0 Å². The first-order chi connectivity index (χ1) is 9.88. The topological polar surface area (TPSA) is 92.5 Å². The Labute approximate surface area is 125 Å². The Morgan fingerprint density at radius 2 is 1.86 bits per heavy atom. The van der Waals surface area contributed by atoms with Crippen LogP contribution < -0.4 is 5.32 Å². The van der Waals surface area contributed by atoms with E-state index in [4.69, 9.17) is 16.7 Å². The van der Waals surface area contributed by atoms with Crippen LogP contribution in [0.4, 0.5) is 17.1 Å². The molecule has 0 aromatic heterocycles. The van der Waals surface area contributed by atoms with E-state index >= 15 is 0 Å². The third-order valence-corrected chi connectivity index (χ3v) is 3.22. The Morgan fingerprint density at radius 3 is 2.48 bits per heavy atom. The Bertz CT molecular complexity index is 669. The number of aromatic carboxylic acids is 1. The number of carboxylic acids is 1. The normalized spacial score (nSPS) is 10.2. The Balaban J connectivity index is 2.34. The van der Waals surface area contributed by atoms with Crippen LogP contribution in [0.5, 0.6) is 0 Å². The number of aryl methyl sites for hydroxylation is 1. The first-order valence-electron chi connectivity index (χ1n) is 5.93. The average molecular weight is 307 g/mol. The van der Waals surface area contributed by atoms with E-state index in [1.807, 2.05) is 0 Å². The molecule has 7 heteroatoms. The third kappa shape index (κ3) is 3.29. The number of hydrogen-bond donors (Lipinski definition) is 2. The van der Waals surface area contributed by atoms with Crippen LogP contribution in [0, 0.1) is 17.0 Å². The van der Waals surface area contributed by atoms with Crippen molar-refractivity contribution in [2.45, 2.75) is 6.92 Å². The van der Waals surface area contributed by atoms with Crippen molar-refractivity contribution in [1.29, 1.82) is 0 Å². The predicted octanol–water partition coefficient (Wildman–Crippen LogP) is 4.00. The highest BCUT2D eigenvalue weighted by Gasteiger charge is 2.12. The lowest BCUT2D eigenvalue weighted by molar-refractivity contribution is -0.385. The molecule has 0 saturated heterocycles. The number of hydrogen-bond acceptors (Lipinski definition) is 4. The van der Waals surface area contributed by atoms with Crippen LogP contribution in [-0.4, -0.2) is 16.0 Å². The fourth-order valence-corrected chi connectivity index (χ4v) is 2.02. The first kappa shape index (κ1) is 14.8. The summed E-state index contributed by atoms with van der Waals surface area (Å²) in [6.45, 7) is 1.65. The van der Waals surface area contributed by atoms with Crippen LogP contribution >= 0.6 is 11.6 Å². The van der Waals surface area contributed by atoms with Crippen molar-refractivity contribution in [3.8, 4) is 0 Å². The number of rotatable bonds is 4. The maximum Gasteiger partial charge on any atom is 0.337 e. The van der Waals surface area contributed by atoms with Gasteiger partial charge in [-0.1, -0.05) is 17.7 Å². The molecular formula is C14H11ClN2O4. The second-order valence-corrected chi connectivity index (χ2v) is 4.79. The second-order valence-electron chi connectivity index (χ2n) is 4.38. The minimum atomic E-state index is -1.14. The zero-order chi connectivity index (χ0) is 15.6. The fraction of sp³-hybridized carbons (Fsp3) is 0.0714. The molecule has 2 N–H and O–H groups in total. The van der Waals surface area contributed by atoms with Crippen LogP contribution in [0.25, 0.3) is 0 Å². The van der Waals surface area contributed by atoms with E-state index in [2.05, 4.69) is 5.32 Å². The zero-order valence-corrected chi connectivity index (χ0v) is 11.7. The van der Waals surface area contributed by atoms with Crippen LogP contribution in [0.3, 0.4) is 0 Å². The van der Waals surface area contributed by atoms with Gasteiger partial charge in [0.1, 0.15) is 0 Å². The molecule has 0 amide bonds. The van der Waals surface area contributed by atoms with Crippen molar-refractivity contribution >= 4 is 34.6 Å². The van der Waals surface area contributed by atoms with E-state index in [1.54, 1.807) is 25.1 Å². The van der Waals surface area contributed by atoms with Gasteiger partial charge < -0.3 is 10.4 Å². The van der Waals surface area contributed by atoms with E-state index < -0.39 is 10.9 Å². The Morgan fingerprint density at radius 1 is 1.24 bits per heavy atom. The monoisotopic (exact) mass is 306 g/mol. The van der Waals surface area contributed by atoms with Crippen LogP contribution in [0.15, 0.2) is 36.4 Å². The number of carboxylic acid groups (broad SMARTS) is 1. The van der Waals surface area contributed by atoms with E-state index in [-0.39, 0.29) is 16.3 Å². The lowest BCUT2D eigenvalue weighted by atomic mass is 10.1. The molecule has 21 heavy (non-hydrogen) atoms. The summed E-state index contributed by atoms with van der Waals surface area (Å²) < 4.78 is 0. The van der Waals surface area contributed by atoms with Crippen LogP contribution in [-0.2, 0) is 0 Å². The van der Waals surface area contributed by atoms with E-state index in [0.29, 0.717) is 16.9 Å². The lowest BCUT2D eigenvalue weighted by Crippen LogP contribution is -2.00. The number of nitrogens with one attached hydrogen (secondary N) is 1. The highest BCUT2D eigenvalue weighted by molar-refractivity contribution is 6.33. The van der Waals surface area contributed by atoms with Crippen LogP contribution in [0.1, 0.15) is 15.9 Å². The molecule has 0 radical (unpaired) electrons. The molecule has 0 bridgehead atoms. The number of halogens is 1. The smallest absolute Gasteiger partial charge is 0.337 e. The number of nitro groups is 1. The summed E-state index contributed by atoms with van der Waals surface area (Å²) in [6.07, 6.45) is 0. The number of nitrogens with zero attached hydrogens (tertiary/aromatic N) is 1. The van der Waals surface area contributed by atoms with Gasteiger partial charge in [0.25, 0.3) is 5.69 Å². The molecule has 0 aliphatic rings. The average Bonchev–Trinajstić information content (AvgIpc) is 2.42. The number of nitro benzene ring substituents is 1. The summed E-state index contributed by atoms with van der Waals surface area (Å²) in [5.41, 5.74) is 1.48. The molecule has 0 spiro atoms. The van der Waals surface area contributed by atoms with E-state index in [0.717, 1.165) is 0 Å². The molecule has 0 heterocycles. The fourth-order valence-electron chi connectivity index (χ4n) is 1.82. The molecule has 0 aliphatic carbocycles. The summed E-state index contributed by atoms with van der Waals surface area (Å²) >= 11 is 5.78. The summed E-state index contributed by atoms with van der Waals surface area (Å²) in [4.78, 5) is 21.4. The van der Waals surface area contributed by atoms with E-state index in [9.17, 15) is 14.9 Å². The van der Waals surface area contributed by atoms with Crippen molar-refractivity contribution in [2.24, 2.45) is 0 Å². The SMILES string of the molecule is Cc1ccc(Nc2ccc(Cl)c(C(=O)O)c2)cc1[N+](=O)[O-]. The molecule has 0 aliphatic heterocycles. The van der Waals surface area contributed by atoms with Gasteiger partial charge >= 0.3 is 5.97 Å². The second kappa shape index (κ2) is 5.80. The summed E-state index contributed by atoms with van der Waals surface area (Å²) in [5.74, 6) is -1.14. The molecule has 108 valence electrons. The van der Waals surface area contributed by atoms with Crippen molar-refractivity contribution in [3.63, 3.8) is 0 Å². The largest absolute Gasteiger partial charge is 0.478 e. The van der Waals surface area contributed by atoms with Gasteiger partial charge in [0.05, 0.1) is 15.5 Å². The van der Waals surface area contributed by atoms with Gasteiger partial charge in [0, 0.05) is 23.0 Å². The Kier molecular flexibility index (Phi) is 4.09. The minimum Gasteiger partial charge on any atom is -0.478 e. The van der Waals surface area contributed by atoms with Crippen molar-refractivity contribution < 1.29 is 14.8 Å². The molecular weight excluding hydrogens is 296 g/mol. The highest BCUT2D eigenvalue weighted by Crippen LogP contribution is 2.27. The standard InChI is InChI=1S/C14H11ClN2O4/c1-8-2-3-10(7-13(8)17(20)21)16-9-4-5-12(15)11(6-9)14(18)19/h2-7,16H,1H3,(H,18,19). The minimum absolute atomic E-state index is 0.00702. The Hall–Kier alpha value is -2.60. The molecule has 2 aromatic rings. The summed E-state index contributed by atoms with van der Waals surface area (Å²) in [7, 11) is 0.